The van der Waals surface area contributed by atoms with Crippen LogP contribution in [-0.2, 0) is 6.54 Å². The number of nitrogens with one attached hydrogen (secondary N) is 1. The fourth-order valence-corrected chi connectivity index (χ4v) is 6.38. The zero-order valence-corrected chi connectivity index (χ0v) is 16.4. The largest absolute Gasteiger partial charge is 0.356 e. The van der Waals surface area contributed by atoms with Crippen molar-refractivity contribution < 1.29 is 4.52 Å². The van der Waals surface area contributed by atoms with Gasteiger partial charge in [0.25, 0.3) is 0 Å². The fourth-order valence-electron chi connectivity index (χ4n) is 5.97. The first-order chi connectivity index (χ1) is 12.7. The van der Waals surface area contributed by atoms with E-state index in [1.807, 2.05) is 0 Å². The number of hydrogen-bond acceptors (Lipinski definition) is 4. The van der Waals surface area contributed by atoms with E-state index < -0.39 is 0 Å². The average molecular weight is 369 g/mol. The van der Waals surface area contributed by atoms with Crippen LogP contribution in [0.2, 0.25) is 0 Å². The highest BCUT2D eigenvalue weighted by atomic mass is 32.2. The molecular formula is C22H28N2OS. The molecule has 4 aliphatic rings. The van der Waals surface area contributed by atoms with Crippen molar-refractivity contribution in [3.05, 3.63) is 36.0 Å². The standard InChI is InChI=1S/C22H28N2OS/c1-26-20-6-4-18(5-7-20)21-10-19(24-25-21)14-23-22-11-15-2-3-16(12-22)9-17(8-15)13-22/h4-7,10,15-17,23H,2-3,8-9,11-14H2,1H3. The molecule has 3 nitrogen and oxygen atoms in total. The van der Waals surface area contributed by atoms with Gasteiger partial charge in [-0.15, -0.1) is 11.8 Å². The summed E-state index contributed by atoms with van der Waals surface area (Å²) >= 11 is 1.76. The van der Waals surface area contributed by atoms with Crippen LogP contribution in [0.4, 0.5) is 0 Å². The van der Waals surface area contributed by atoms with Crippen molar-refractivity contribution in [2.24, 2.45) is 17.8 Å². The minimum atomic E-state index is 0.367. The van der Waals surface area contributed by atoms with Gasteiger partial charge in [-0.05, 0) is 68.2 Å². The molecule has 0 spiro atoms. The number of nitrogens with zero attached hydrogens (tertiary/aromatic N) is 1. The Morgan fingerprint density at radius 3 is 2.46 bits per heavy atom. The summed E-state index contributed by atoms with van der Waals surface area (Å²) in [5.41, 5.74) is 2.50. The molecular weight excluding hydrogens is 340 g/mol. The zero-order chi connectivity index (χ0) is 17.6. The van der Waals surface area contributed by atoms with Gasteiger partial charge in [0, 0.05) is 28.6 Å². The second kappa shape index (κ2) is 6.72. The minimum absolute atomic E-state index is 0.367. The van der Waals surface area contributed by atoms with Gasteiger partial charge in [-0.2, -0.15) is 0 Å². The topological polar surface area (TPSA) is 38.1 Å². The summed E-state index contributed by atoms with van der Waals surface area (Å²) in [6.07, 6.45) is 12.1. The van der Waals surface area contributed by atoms with Crippen molar-refractivity contribution in [1.29, 1.82) is 0 Å². The first kappa shape index (κ1) is 16.9. The summed E-state index contributed by atoms with van der Waals surface area (Å²) in [5.74, 6) is 3.75. The first-order valence-corrected chi connectivity index (χ1v) is 11.3. The highest BCUT2D eigenvalue weighted by Crippen LogP contribution is 2.53. The summed E-state index contributed by atoms with van der Waals surface area (Å²) in [7, 11) is 0. The van der Waals surface area contributed by atoms with Gasteiger partial charge in [-0.1, -0.05) is 30.1 Å². The smallest absolute Gasteiger partial charge is 0.167 e. The van der Waals surface area contributed by atoms with Crippen LogP contribution in [0, 0.1) is 17.8 Å². The Bertz CT molecular complexity index is 753. The van der Waals surface area contributed by atoms with Crippen LogP contribution in [0.1, 0.15) is 50.6 Å². The Morgan fingerprint density at radius 1 is 1.08 bits per heavy atom. The predicted molar refractivity (Wildman–Crippen MR) is 106 cm³/mol. The Kier molecular flexibility index (Phi) is 4.36. The molecule has 1 aromatic carbocycles. The molecule has 4 fully saturated rings. The second-order valence-electron chi connectivity index (χ2n) is 8.80. The monoisotopic (exact) mass is 368 g/mol. The van der Waals surface area contributed by atoms with Gasteiger partial charge >= 0.3 is 0 Å². The third kappa shape index (κ3) is 3.22. The van der Waals surface area contributed by atoms with Crippen LogP contribution >= 0.6 is 11.8 Å². The lowest BCUT2D eigenvalue weighted by Gasteiger charge is -2.49. The van der Waals surface area contributed by atoms with Crippen molar-refractivity contribution >= 4 is 11.8 Å². The van der Waals surface area contributed by atoms with E-state index in [0.717, 1.165) is 41.3 Å². The second-order valence-corrected chi connectivity index (χ2v) is 9.68. The molecule has 4 saturated carbocycles. The van der Waals surface area contributed by atoms with Crippen molar-refractivity contribution in [3.8, 4) is 11.3 Å². The van der Waals surface area contributed by atoms with Gasteiger partial charge in [0.05, 0.1) is 5.69 Å². The molecule has 0 amide bonds. The van der Waals surface area contributed by atoms with Crippen LogP contribution in [-0.4, -0.2) is 17.0 Å². The third-order valence-corrected chi connectivity index (χ3v) is 7.68. The van der Waals surface area contributed by atoms with Gasteiger partial charge in [0.1, 0.15) is 0 Å². The molecule has 0 saturated heterocycles. The maximum absolute atomic E-state index is 5.62. The molecule has 1 aromatic heterocycles. The van der Waals surface area contributed by atoms with Crippen molar-refractivity contribution in [2.75, 3.05) is 6.26 Å². The van der Waals surface area contributed by atoms with E-state index in [1.165, 1.54) is 49.8 Å². The molecule has 4 aliphatic carbocycles. The quantitative estimate of drug-likeness (QED) is 0.706. The fraction of sp³-hybridized carbons (Fsp3) is 0.591. The minimum Gasteiger partial charge on any atom is -0.356 e. The number of thioether (sulfide) groups is 1. The Hall–Kier alpha value is -1.26. The number of rotatable bonds is 5. The molecule has 26 heavy (non-hydrogen) atoms. The Morgan fingerprint density at radius 2 is 1.77 bits per heavy atom. The molecule has 0 radical (unpaired) electrons. The number of fused-ring (bicyclic) bond motifs is 1. The summed E-state index contributed by atoms with van der Waals surface area (Å²) in [6.45, 7) is 0.832. The number of aromatic nitrogens is 1. The van der Waals surface area contributed by atoms with E-state index in [4.69, 9.17) is 4.52 Å². The Labute approximate surface area is 160 Å². The summed E-state index contributed by atoms with van der Waals surface area (Å²) in [5, 5.41) is 8.27. The van der Waals surface area contributed by atoms with E-state index in [9.17, 15) is 0 Å². The first-order valence-electron chi connectivity index (χ1n) is 10.1. The van der Waals surface area contributed by atoms with Crippen LogP contribution in [0.25, 0.3) is 11.3 Å². The lowest BCUT2D eigenvalue weighted by atomic mass is 9.63. The van der Waals surface area contributed by atoms with E-state index in [-0.39, 0.29) is 0 Å². The zero-order valence-electron chi connectivity index (χ0n) is 15.5. The molecule has 2 aromatic rings. The number of hydrogen-bond donors (Lipinski definition) is 1. The maximum atomic E-state index is 5.62. The Balaban J connectivity index is 1.28. The highest BCUT2D eigenvalue weighted by molar-refractivity contribution is 7.98. The molecule has 0 aliphatic heterocycles. The van der Waals surface area contributed by atoms with Gasteiger partial charge < -0.3 is 9.84 Å². The van der Waals surface area contributed by atoms with Gasteiger partial charge in [0.2, 0.25) is 0 Å². The van der Waals surface area contributed by atoms with Crippen molar-refractivity contribution in [2.45, 2.75) is 61.9 Å². The summed E-state index contributed by atoms with van der Waals surface area (Å²) in [6, 6.07) is 10.6. The summed E-state index contributed by atoms with van der Waals surface area (Å²) < 4.78 is 5.62. The average Bonchev–Trinajstić information content (AvgIpc) is 3.03. The maximum Gasteiger partial charge on any atom is 0.167 e. The van der Waals surface area contributed by atoms with E-state index in [1.54, 1.807) is 11.8 Å². The number of benzene rings is 1. The molecule has 2 unspecified atom stereocenters. The van der Waals surface area contributed by atoms with Crippen LogP contribution in [0.3, 0.4) is 0 Å². The lowest BCUT2D eigenvalue weighted by Crippen LogP contribution is -2.53. The SMILES string of the molecule is CSc1ccc(-c2cc(CNC34CC5CCC(CC(C5)C3)C4)no2)cc1. The van der Waals surface area contributed by atoms with Crippen molar-refractivity contribution in [3.63, 3.8) is 0 Å². The molecule has 1 heterocycles. The van der Waals surface area contributed by atoms with Gasteiger partial charge in [-0.3, -0.25) is 0 Å². The van der Waals surface area contributed by atoms with E-state index in [2.05, 4.69) is 47.1 Å². The van der Waals surface area contributed by atoms with Crippen LogP contribution < -0.4 is 5.32 Å². The normalized spacial score (nSPS) is 32.7. The molecule has 4 heteroatoms. The summed E-state index contributed by atoms with van der Waals surface area (Å²) in [4.78, 5) is 1.27. The van der Waals surface area contributed by atoms with Crippen LogP contribution in [0.5, 0.6) is 0 Å². The molecule has 4 bridgehead atoms. The molecule has 2 atom stereocenters. The highest BCUT2D eigenvalue weighted by Gasteiger charge is 2.48. The third-order valence-electron chi connectivity index (χ3n) is 6.93. The van der Waals surface area contributed by atoms with Crippen LogP contribution in [0.15, 0.2) is 39.8 Å². The van der Waals surface area contributed by atoms with Crippen molar-refractivity contribution in [1.82, 2.24) is 10.5 Å². The predicted octanol–water partition coefficient (Wildman–Crippen LogP) is 5.51. The van der Waals surface area contributed by atoms with E-state index in [0.29, 0.717) is 5.54 Å². The molecule has 138 valence electrons. The van der Waals surface area contributed by atoms with Gasteiger partial charge in [-0.25, -0.2) is 0 Å². The van der Waals surface area contributed by atoms with E-state index >= 15 is 0 Å². The molecule has 1 N–H and O–H groups in total. The van der Waals surface area contributed by atoms with Gasteiger partial charge in [0.15, 0.2) is 5.76 Å². The lowest BCUT2D eigenvalue weighted by molar-refractivity contribution is 0.0714. The molecule has 6 rings (SSSR count).